The standard InChI is InChI=1S/C8H13NO2/c9-5-7(6-10)4-8-2-1-3-11-8/h7-8,10H,1-4,6H2. The van der Waals surface area contributed by atoms with Gasteiger partial charge in [0.1, 0.15) is 0 Å². The van der Waals surface area contributed by atoms with E-state index in [4.69, 9.17) is 15.1 Å². The summed E-state index contributed by atoms with van der Waals surface area (Å²) in [6, 6.07) is 2.05. The van der Waals surface area contributed by atoms with Gasteiger partial charge >= 0.3 is 0 Å². The molecule has 2 atom stereocenters. The van der Waals surface area contributed by atoms with Crippen LogP contribution < -0.4 is 0 Å². The van der Waals surface area contributed by atoms with E-state index in [-0.39, 0.29) is 18.6 Å². The van der Waals surface area contributed by atoms with Crippen LogP contribution in [0.25, 0.3) is 0 Å². The molecule has 0 saturated carbocycles. The summed E-state index contributed by atoms with van der Waals surface area (Å²) in [7, 11) is 0. The molecule has 1 N–H and O–H groups in total. The fourth-order valence-corrected chi connectivity index (χ4v) is 1.32. The number of ether oxygens (including phenoxy) is 1. The number of aliphatic hydroxyl groups excluding tert-OH is 1. The molecule has 1 saturated heterocycles. The second-order valence-electron chi connectivity index (χ2n) is 2.88. The summed E-state index contributed by atoms with van der Waals surface area (Å²) in [6.45, 7) is 0.768. The molecule has 1 aliphatic heterocycles. The molecule has 1 heterocycles. The normalized spacial score (nSPS) is 26.4. The van der Waals surface area contributed by atoms with Gasteiger partial charge in [0, 0.05) is 6.61 Å². The highest BCUT2D eigenvalue weighted by molar-refractivity contribution is 4.85. The van der Waals surface area contributed by atoms with E-state index < -0.39 is 0 Å². The van der Waals surface area contributed by atoms with Crippen LogP contribution >= 0.6 is 0 Å². The van der Waals surface area contributed by atoms with Gasteiger partial charge in [-0.1, -0.05) is 0 Å². The van der Waals surface area contributed by atoms with Crippen LogP contribution in [-0.4, -0.2) is 24.4 Å². The number of nitrogens with zero attached hydrogens (tertiary/aromatic N) is 1. The van der Waals surface area contributed by atoms with Gasteiger partial charge in [0.2, 0.25) is 0 Å². The van der Waals surface area contributed by atoms with Gasteiger partial charge in [-0.15, -0.1) is 0 Å². The van der Waals surface area contributed by atoms with Gasteiger partial charge < -0.3 is 9.84 Å². The molecule has 0 spiro atoms. The molecular formula is C8H13NO2. The highest BCUT2D eigenvalue weighted by atomic mass is 16.5. The van der Waals surface area contributed by atoms with Crippen LogP contribution in [0.5, 0.6) is 0 Å². The molecule has 11 heavy (non-hydrogen) atoms. The van der Waals surface area contributed by atoms with E-state index in [1.165, 1.54) is 0 Å². The summed E-state index contributed by atoms with van der Waals surface area (Å²) in [5.74, 6) is -0.238. The maximum absolute atomic E-state index is 8.71. The average Bonchev–Trinajstić information content (AvgIpc) is 2.52. The molecule has 0 aromatic heterocycles. The Bertz CT molecular complexity index is 147. The second-order valence-corrected chi connectivity index (χ2v) is 2.88. The topological polar surface area (TPSA) is 53.2 Å². The van der Waals surface area contributed by atoms with Crippen molar-refractivity contribution in [1.82, 2.24) is 0 Å². The second kappa shape index (κ2) is 4.32. The SMILES string of the molecule is N#CC(CO)CC1CCCO1. The van der Waals surface area contributed by atoms with E-state index in [0.29, 0.717) is 6.42 Å². The monoisotopic (exact) mass is 155 g/mol. The highest BCUT2D eigenvalue weighted by Gasteiger charge is 2.19. The molecule has 3 heteroatoms. The van der Waals surface area contributed by atoms with Gasteiger partial charge in [-0.3, -0.25) is 0 Å². The maximum Gasteiger partial charge on any atom is 0.0719 e. The lowest BCUT2D eigenvalue weighted by atomic mass is 10.0. The first-order valence-electron chi connectivity index (χ1n) is 3.99. The Hall–Kier alpha value is -0.590. The molecule has 0 aromatic rings. The first-order valence-corrected chi connectivity index (χ1v) is 3.99. The van der Waals surface area contributed by atoms with E-state index in [2.05, 4.69) is 0 Å². The Kier molecular flexibility index (Phi) is 3.34. The van der Waals surface area contributed by atoms with Crippen LogP contribution in [0.15, 0.2) is 0 Å². The van der Waals surface area contributed by atoms with Crippen molar-refractivity contribution in [1.29, 1.82) is 5.26 Å². The zero-order valence-electron chi connectivity index (χ0n) is 6.49. The van der Waals surface area contributed by atoms with Crippen molar-refractivity contribution in [3.63, 3.8) is 0 Å². The van der Waals surface area contributed by atoms with Crippen molar-refractivity contribution in [2.45, 2.75) is 25.4 Å². The van der Waals surface area contributed by atoms with Crippen molar-refractivity contribution in [3.8, 4) is 6.07 Å². The van der Waals surface area contributed by atoms with Crippen molar-refractivity contribution >= 4 is 0 Å². The van der Waals surface area contributed by atoms with Gasteiger partial charge in [0.25, 0.3) is 0 Å². The summed E-state index contributed by atoms with van der Waals surface area (Å²) in [6.07, 6.45) is 3.03. The highest BCUT2D eigenvalue weighted by Crippen LogP contribution is 2.19. The average molecular weight is 155 g/mol. The lowest BCUT2D eigenvalue weighted by molar-refractivity contribution is 0.0864. The number of nitriles is 1. The van der Waals surface area contributed by atoms with Crippen LogP contribution in [0.1, 0.15) is 19.3 Å². The molecule has 1 rings (SSSR count). The van der Waals surface area contributed by atoms with E-state index in [9.17, 15) is 0 Å². The van der Waals surface area contributed by atoms with Crippen molar-refractivity contribution in [2.75, 3.05) is 13.2 Å². The van der Waals surface area contributed by atoms with E-state index >= 15 is 0 Å². The Morgan fingerprint density at radius 1 is 1.73 bits per heavy atom. The van der Waals surface area contributed by atoms with Crippen molar-refractivity contribution in [3.05, 3.63) is 0 Å². The number of hydrogen-bond acceptors (Lipinski definition) is 3. The van der Waals surface area contributed by atoms with Gasteiger partial charge in [0.15, 0.2) is 0 Å². The lowest BCUT2D eigenvalue weighted by Crippen LogP contribution is -2.14. The molecular weight excluding hydrogens is 142 g/mol. The molecule has 0 amide bonds. The predicted molar refractivity (Wildman–Crippen MR) is 39.8 cm³/mol. The summed E-state index contributed by atoms with van der Waals surface area (Å²) >= 11 is 0. The third-order valence-electron chi connectivity index (χ3n) is 1.97. The van der Waals surface area contributed by atoms with Crippen LogP contribution in [0.4, 0.5) is 0 Å². The third-order valence-corrected chi connectivity index (χ3v) is 1.97. The van der Waals surface area contributed by atoms with E-state index in [1.807, 2.05) is 6.07 Å². The quantitative estimate of drug-likeness (QED) is 0.652. The summed E-state index contributed by atoms with van der Waals surface area (Å²) in [4.78, 5) is 0. The molecule has 1 fully saturated rings. The van der Waals surface area contributed by atoms with Crippen LogP contribution in [0, 0.1) is 17.2 Å². The number of aliphatic hydroxyl groups is 1. The molecule has 62 valence electrons. The number of rotatable bonds is 3. The van der Waals surface area contributed by atoms with Crippen molar-refractivity contribution in [2.24, 2.45) is 5.92 Å². The van der Waals surface area contributed by atoms with Gasteiger partial charge in [-0.2, -0.15) is 5.26 Å². The Morgan fingerprint density at radius 3 is 3.00 bits per heavy atom. The van der Waals surface area contributed by atoms with E-state index in [0.717, 1.165) is 19.4 Å². The van der Waals surface area contributed by atoms with Gasteiger partial charge in [-0.05, 0) is 19.3 Å². The smallest absolute Gasteiger partial charge is 0.0719 e. The lowest BCUT2D eigenvalue weighted by Gasteiger charge is -2.10. The van der Waals surface area contributed by atoms with E-state index in [1.54, 1.807) is 0 Å². The van der Waals surface area contributed by atoms with Crippen molar-refractivity contribution < 1.29 is 9.84 Å². The molecule has 0 bridgehead atoms. The zero-order valence-corrected chi connectivity index (χ0v) is 6.49. The minimum Gasteiger partial charge on any atom is -0.395 e. The summed E-state index contributed by atoms with van der Waals surface area (Å²) in [5.41, 5.74) is 0. The fourth-order valence-electron chi connectivity index (χ4n) is 1.32. The Balaban J connectivity index is 2.23. The largest absolute Gasteiger partial charge is 0.395 e. The molecule has 0 aromatic carbocycles. The first-order chi connectivity index (χ1) is 5.36. The van der Waals surface area contributed by atoms with Crippen LogP contribution in [0.2, 0.25) is 0 Å². The molecule has 0 radical (unpaired) electrons. The summed E-state index contributed by atoms with van der Waals surface area (Å²) in [5, 5.41) is 17.2. The molecule has 3 nitrogen and oxygen atoms in total. The minimum absolute atomic E-state index is 0.0453. The zero-order chi connectivity index (χ0) is 8.10. The van der Waals surface area contributed by atoms with Gasteiger partial charge in [0.05, 0.1) is 24.7 Å². The molecule has 2 unspecified atom stereocenters. The van der Waals surface area contributed by atoms with Crippen LogP contribution in [0.3, 0.4) is 0 Å². The number of hydrogen-bond donors (Lipinski definition) is 1. The fraction of sp³-hybridized carbons (Fsp3) is 0.875. The van der Waals surface area contributed by atoms with Crippen LogP contribution in [-0.2, 0) is 4.74 Å². The third kappa shape index (κ3) is 2.49. The first kappa shape index (κ1) is 8.51. The molecule has 0 aliphatic carbocycles. The van der Waals surface area contributed by atoms with Gasteiger partial charge in [-0.25, -0.2) is 0 Å². The predicted octanol–water partition coefficient (Wildman–Crippen LogP) is 0.688. The molecule has 1 aliphatic rings. The maximum atomic E-state index is 8.71. The minimum atomic E-state index is -0.238. The Labute approximate surface area is 66.6 Å². The summed E-state index contributed by atoms with van der Waals surface area (Å²) < 4.78 is 5.32. The Morgan fingerprint density at radius 2 is 2.55 bits per heavy atom.